The molecule has 0 radical (unpaired) electrons. The Bertz CT molecular complexity index is 130. The smallest absolute Gasteiger partial charge is 0.0529 e. The lowest BCUT2D eigenvalue weighted by atomic mass is 10.0. The van der Waals surface area contributed by atoms with E-state index in [2.05, 4.69) is 13.0 Å². The van der Waals surface area contributed by atoms with Crippen LogP contribution >= 0.6 is 11.6 Å². The SMILES string of the molecule is CCC(=CC1CCOC1)CCl. The second-order valence-corrected chi connectivity index (χ2v) is 3.20. The number of hydrogen-bond acceptors (Lipinski definition) is 1. The van der Waals surface area contributed by atoms with Crippen molar-refractivity contribution in [1.82, 2.24) is 0 Å². The second-order valence-electron chi connectivity index (χ2n) is 2.94. The van der Waals surface area contributed by atoms with Gasteiger partial charge in [-0.05, 0) is 12.8 Å². The monoisotopic (exact) mass is 174 g/mol. The van der Waals surface area contributed by atoms with Crippen molar-refractivity contribution in [1.29, 1.82) is 0 Å². The zero-order valence-electron chi connectivity index (χ0n) is 6.98. The maximum atomic E-state index is 5.74. The third-order valence-corrected chi connectivity index (χ3v) is 2.41. The Balaban J connectivity index is 2.40. The molecule has 1 heterocycles. The van der Waals surface area contributed by atoms with Gasteiger partial charge in [0.2, 0.25) is 0 Å². The molecule has 1 rings (SSSR count). The van der Waals surface area contributed by atoms with Crippen molar-refractivity contribution in [3.63, 3.8) is 0 Å². The first kappa shape index (κ1) is 9.08. The number of allylic oxidation sites excluding steroid dienone is 1. The van der Waals surface area contributed by atoms with Gasteiger partial charge in [0.1, 0.15) is 0 Å². The molecule has 0 amide bonds. The van der Waals surface area contributed by atoms with Crippen molar-refractivity contribution in [2.45, 2.75) is 19.8 Å². The van der Waals surface area contributed by atoms with Crippen molar-refractivity contribution < 1.29 is 4.74 Å². The molecule has 1 atom stereocenters. The summed E-state index contributed by atoms with van der Waals surface area (Å²) in [6.07, 6.45) is 4.51. The van der Waals surface area contributed by atoms with E-state index in [4.69, 9.17) is 16.3 Å². The van der Waals surface area contributed by atoms with Gasteiger partial charge >= 0.3 is 0 Å². The minimum atomic E-state index is 0.628. The predicted molar refractivity (Wildman–Crippen MR) is 48.0 cm³/mol. The molecule has 2 heteroatoms. The quantitative estimate of drug-likeness (QED) is 0.472. The molecule has 64 valence electrons. The first-order chi connectivity index (χ1) is 5.36. The fourth-order valence-corrected chi connectivity index (χ4v) is 1.55. The highest BCUT2D eigenvalue weighted by Gasteiger charge is 2.12. The van der Waals surface area contributed by atoms with Crippen LogP contribution in [0.3, 0.4) is 0 Å². The molecule has 0 spiro atoms. The van der Waals surface area contributed by atoms with Crippen LogP contribution in [0.2, 0.25) is 0 Å². The zero-order valence-corrected chi connectivity index (χ0v) is 7.73. The van der Waals surface area contributed by atoms with Crippen molar-refractivity contribution in [3.8, 4) is 0 Å². The van der Waals surface area contributed by atoms with Gasteiger partial charge in [0.15, 0.2) is 0 Å². The number of ether oxygens (including phenoxy) is 1. The lowest BCUT2D eigenvalue weighted by Gasteiger charge is -2.03. The lowest BCUT2D eigenvalue weighted by Crippen LogP contribution is -1.96. The maximum absolute atomic E-state index is 5.74. The summed E-state index contributed by atoms with van der Waals surface area (Å²) < 4.78 is 5.26. The summed E-state index contributed by atoms with van der Waals surface area (Å²) in [7, 11) is 0. The maximum Gasteiger partial charge on any atom is 0.0529 e. The standard InChI is InChI=1S/C9H15ClO/c1-2-8(6-10)5-9-3-4-11-7-9/h5,9H,2-4,6-7H2,1H3. The normalized spacial score (nSPS) is 26.0. The van der Waals surface area contributed by atoms with Crippen molar-refractivity contribution in [2.24, 2.45) is 5.92 Å². The van der Waals surface area contributed by atoms with Gasteiger partial charge in [-0.15, -0.1) is 11.6 Å². The van der Waals surface area contributed by atoms with Gasteiger partial charge in [-0.3, -0.25) is 0 Å². The summed E-state index contributed by atoms with van der Waals surface area (Å²) in [5.74, 6) is 1.30. The largest absolute Gasteiger partial charge is 0.381 e. The van der Waals surface area contributed by atoms with E-state index in [1.807, 2.05) is 0 Å². The summed E-state index contributed by atoms with van der Waals surface area (Å²) in [5, 5.41) is 0. The first-order valence-corrected chi connectivity index (χ1v) is 4.73. The third-order valence-electron chi connectivity index (χ3n) is 2.06. The zero-order chi connectivity index (χ0) is 8.10. The number of halogens is 1. The molecule has 1 aliphatic rings. The molecule has 1 saturated heterocycles. The van der Waals surface area contributed by atoms with E-state index in [0.29, 0.717) is 11.8 Å². The van der Waals surface area contributed by atoms with Crippen LogP contribution in [0.25, 0.3) is 0 Å². The van der Waals surface area contributed by atoms with Gasteiger partial charge in [-0.2, -0.15) is 0 Å². The van der Waals surface area contributed by atoms with Crippen LogP contribution in [0, 0.1) is 5.92 Å². The summed E-state index contributed by atoms with van der Waals surface area (Å²) >= 11 is 5.74. The molecule has 1 unspecified atom stereocenters. The molecule has 0 aromatic rings. The Hall–Kier alpha value is -0.0100. The van der Waals surface area contributed by atoms with E-state index in [9.17, 15) is 0 Å². The molecule has 1 fully saturated rings. The van der Waals surface area contributed by atoms with E-state index in [0.717, 1.165) is 19.6 Å². The van der Waals surface area contributed by atoms with Crippen LogP contribution in [0.15, 0.2) is 11.6 Å². The van der Waals surface area contributed by atoms with Gasteiger partial charge in [0.05, 0.1) is 6.61 Å². The Morgan fingerprint density at radius 1 is 1.73 bits per heavy atom. The molecule has 1 aliphatic heterocycles. The van der Waals surface area contributed by atoms with E-state index in [-0.39, 0.29) is 0 Å². The fourth-order valence-electron chi connectivity index (χ4n) is 1.27. The molecule has 11 heavy (non-hydrogen) atoms. The Morgan fingerprint density at radius 3 is 3.00 bits per heavy atom. The van der Waals surface area contributed by atoms with E-state index in [1.165, 1.54) is 12.0 Å². The topological polar surface area (TPSA) is 9.23 Å². The average molecular weight is 175 g/mol. The predicted octanol–water partition coefficient (Wildman–Crippen LogP) is 2.60. The Kier molecular flexibility index (Phi) is 3.95. The number of hydrogen-bond donors (Lipinski definition) is 0. The molecule has 0 aliphatic carbocycles. The van der Waals surface area contributed by atoms with Gasteiger partial charge < -0.3 is 4.74 Å². The van der Waals surface area contributed by atoms with Crippen LogP contribution < -0.4 is 0 Å². The van der Waals surface area contributed by atoms with Gasteiger partial charge in [0, 0.05) is 18.4 Å². The van der Waals surface area contributed by atoms with Crippen LogP contribution in [-0.2, 0) is 4.74 Å². The molecule has 0 saturated carbocycles. The molecule has 0 aromatic carbocycles. The molecular formula is C9H15ClO. The minimum Gasteiger partial charge on any atom is -0.381 e. The number of rotatable bonds is 3. The second kappa shape index (κ2) is 4.78. The van der Waals surface area contributed by atoms with Crippen LogP contribution in [0.1, 0.15) is 19.8 Å². The van der Waals surface area contributed by atoms with Gasteiger partial charge in [-0.1, -0.05) is 18.6 Å². The van der Waals surface area contributed by atoms with E-state index < -0.39 is 0 Å². The summed E-state index contributed by atoms with van der Waals surface area (Å²) in [6.45, 7) is 3.95. The van der Waals surface area contributed by atoms with Crippen LogP contribution in [0.4, 0.5) is 0 Å². The highest BCUT2D eigenvalue weighted by molar-refractivity contribution is 6.19. The Morgan fingerprint density at radius 2 is 2.55 bits per heavy atom. The summed E-state index contributed by atoms with van der Waals surface area (Å²) in [4.78, 5) is 0. The number of alkyl halides is 1. The molecule has 0 N–H and O–H groups in total. The van der Waals surface area contributed by atoms with Gasteiger partial charge in [0.25, 0.3) is 0 Å². The molecular weight excluding hydrogens is 160 g/mol. The molecule has 0 aromatic heterocycles. The minimum absolute atomic E-state index is 0.628. The highest BCUT2D eigenvalue weighted by atomic mass is 35.5. The lowest BCUT2D eigenvalue weighted by molar-refractivity contribution is 0.191. The van der Waals surface area contributed by atoms with Crippen LogP contribution in [0.5, 0.6) is 0 Å². The average Bonchev–Trinajstić information content (AvgIpc) is 2.52. The van der Waals surface area contributed by atoms with Crippen molar-refractivity contribution in [3.05, 3.63) is 11.6 Å². The molecule has 0 bridgehead atoms. The summed E-state index contributed by atoms with van der Waals surface area (Å²) in [6, 6.07) is 0. The van der Waals surface area contributed by atoms with E-state index in [1.54, 1.807) is 0 Å². The fraction of sp³-hybridized carbons (Fsp3) is 0.778. The van der Waals surface area contributed by atoms with E-state index >= 15 is 0 Å². The highest BCUT2D eigenvalue weighted by Crippen LogP contribution is 2.17. The third kappa shape index (κ3) is 2.84. The first-order valence-electron chi connectivity index (χ1n) is 4.20. The molecule has 1 nitrogen and oxygen atoms in total. The van der Waals surface area contributed by atoms with Gasteiger partial charge in [-0.25, -0.2) is 0 Å². The summed E-state index contributed by atoms with van der Waals surface area (Å²) in [5.41, 5.74) is 1.35. The van der Waals surface area contributed by atoms with Crippen molar-refractivity contribution >= 4 is 11.6 Å². The Labute approximate surface area is 73.4 Å². The van der Waals surface area contributed by atoms with Crippen molar-refractivity contribution in [2.75, 3.05) is 19.1 Å². The van der Waals surface area contributed by atoms with Crippen LogP contribution in [-0.4, -0.2) is 19.1 Å².